The van der Waals surface area contributed by atoms with Crippen LogP contribution >= 0.6 is 0 Å². The van der Waals surface area contributed by atoms with Crippen LogP contribution in [0.5, 0.6) is 0 Å². The van der Waals surface area contributed by atoms with Gasteiger partial charge in [0, 0.05) is 0 Å². The van der Waals surface area contributed by atoms with Crippen LogP contribution in [-0.4, -0.2) is 0 Å². The molecule has 0 heteroatoms. The summed E-state index contributed by atoms with van der Waals surface area (Å²) in [7, 11) is 0. The molecule has 0 spiro atoms. The minimum atomic E-state index is 1.24. The van der Waals surface area contributed by atoms with Gasteiger partial charge in [0.15, 0.2) is 0 Å². The molecule has 6 rings (SSSR count). The number of benzene rings is 6. The average molecular weight is 421 g/mol. The Bertz CT molecular complexity index is 1580. The molecule has 0 nitrogen and oxygen atoms in total. The molecule has 6 aromatic carbocycles. The maximum atomic E-state index is 2.37. The van der Waals surface area contributed by atoms with Crippen molar-refractivity contribution in [3.05, 3.63) is 133 Å². The molecule has 0 saturated heterocycles. The predicted molar refractivity (Wildman–Crippen MR) is 142 cm³/mol. The van der Waals surface area contributed by atoms with E-state index in [0.717, 1.165) is 0 Å². The first-order valence-corrected chi connectivity index (χ1v) is 11.5. The van der Waals surface area contributed by atoms with Gasteiger partial charge in [-0.15, -0.1) is 0 Å². The predicted octanol–water partition coefficient (Wildman–Crippen LogP) is 9.30. The van der Waals surface area contributed by atoms with Crippen LogP contribution in [0.1, 0.15) is 5.56 Å². The van der Waals surface area contributed by atoms with Crippen LogP contribution in [0.25, 0.3) is 54.9 Å². The molecule has 0 aliphatic heterocycles. The van der Waals surface area contributed by atoms with Gasteiger partial charge in [-0.2, -0.15) is 0 Å². The molecule has 6 aromatic rings. The summed E-state index contributed by atoms with van der Waals surface area (Å²) in [6.07, 6.45) is 0. The first-order chi connectivity index (χ1) is 16.3. The summed E-state index contributed by atoms with van der Waals surface area (Å²) in [4.78, 5) is 0. The van der Waals surface area contributed by atoms with E-state index in [0.29, 0.717) is 0 Å². The molecule has 0 unspecified atom stereocenters. The second-order valence-corrected chi connectivity index (χ2v) is 8.66. The van der Waals surface area contributed by atoms with Crippen molar-refractivity contribution >= 4 is 21.5 Å². The van der Waals surface area contributed by atoms with Gasteiger partial charge in [0.25, 0.3) is 0 Å². The molecule has 0 saturated carbocycles. The molecule has 0 fully saturated rings. The van der Waals surface area contributed by atoms with Crippen molar-refractivity contribution in [2.45, 2.75) is 6.92 Å². The highest BCUT2D eigenvalue weighted by Crippen LogP contribution is 2.44. The van der Waals surface area contributed by atoms with E-state index in [2.05, 4.69) is 134 Å². The van der Waals surface area contributed by atoms with Crippen molar-refractivity contribution in [1.29, 1.82) is 0 Å². The second-order valence-electron chi connectivity index (χ2n) is 8.66. The molecule has 0 heterocycles. The monoisotopic (exact) mass is 420 g/mol. The number of aryl methyl sites for hydroxylation is 1. The standard InChI is InChI=1S/C33H24/c1-23-17-19-28-30(21-23)32(25-13-7-3-8-14-25)29-20-18-27(24-11-5-2-6-12-24)22-31(29)33(28)26-15-9-4-10-16-26/h2-22H,1H3. The van der Waals surface area contributed by atoms with Crippen molar-refractivity contribution in [1.82, 2.24) is 0 Å². The lowest BCUT2D eigenvalue weighted by Gasteiger charge is -2.19. The molecule has 0 aromatic heterocycles. The van der Waals surface area contributed by atoms with Gasteiger partial charge in [0.1, 0.15) is 0 Å². The van der Waals surface area contributed by atoms with E-state index in [-0.39, 0.29) is 0 Å². The Morgan fingerprint density at radius 2 is 0.788 bits per heavy atom. The second kappa shape index (κ2) is 8.07. The van der Waals surface area contributed by atoms with Crippen LogP contribution < -0.4 is 0 Å². The highest BCUT2D eigenvalue weighted by molar-refractivity contribution is 6.22. The summed E-state index contributed by atoms with van der Waals surface area (Å²) >= 11 is 0. The van der Waals surface area contributed by atoms with E-state index >= 15 is 0 Å². The van der Waals surface area contributed by atoms with Crippen molar-refractivity contribution < 1.29 is 0 Å². The van der Waals surface area contributed by atoms with Gasteiger partial charge >= 0.3 is 0 Å². The molecule has 33 heavy (non-hydrogen) atoms. The molecule has 0 aliphatic carbocycles. The third kappa shape index (κ3) is 3.41. The Balaban J connectivity index is 1.81. The number of fused-ring (bicyclic) bond motifs is 2. The van der Waals surface area contributed by atoms with Crippen LogP contribution in [0.2, 0.25) is 0 Å². The molecule has 0 bridgehead atoms. The Morgan fingerprint density at radius 1 is 0.333 bits per heavy atom. The van der Waals surface area contributed by atoms with Gasteiger partial charge in [-0.25, -0.2) is 0 Å². The van der Waals surface area contributed by atoms with E-state index in [1.165, 1.54) is 60.5 Å². The molecular weight excluding hydrogens is 396 g/mol. The zero-order chi connectivity index (χ0) is 22.2. The SMILES string of the molecule is Cc1ccc2c(-c3ccccc3)c3cc(-c4ccccc4)ccc3c(-c3ccccc3)c2c1. The third-order valence-electron chi connectivity index (χ3n) is 6.50. The molecule has 0 radical (unpaired) electrons. The van der Waals surface area contributed by atoms with E-state index in [4.69, 9.17) is 0 Å². The smallest absolute Gasteiger partial charge is 0.00262 e. The van der Waals surface area contributed by atoms with Crippen molar-refractivity contribution in [3.63, 3.8) is 0 Å². The van der Waals surface area contributed by atoms with Gasteiger partial charge in [0.05, 0.1) is 0 Å². The largest absolute Gasteiger partial charge is 0.0622 e. The molecular formula is C33H24. The van der Waals surface area contributed by atoms with Gasteiger partial charge in [-0.3, -0.25) is 0 Å². The van der Waals surface area contributed by atoms with E-state index in [1.54, 1.807) is 0 Å². The fourth-order valence-electron chi connectivity index (χ4n) is 4.98. The quantitative estimate of drug-likeness (QED) is 0.250. The Hall–Kier alpha value is -4.16. The van der Waals surface area contributed by atoms with Crippen LogP contribution in [0.3, 0.4) is 0 Å². The fourth-order valence-corrected chi connectivity index (χ4v) is 4.98. The average Bonchev–Trinajstić information content (AvgIpc) is 2.88. The normalized spacial score (nSPS) is 11.2. The lowest BCUT2D eigenvalue weighted by atomic mass is 9.84. The number of hydrogen-bond acceptors (Lipinski definition) is 0. The van der Waals surface area contributed by atoms with Gasteiger partial charge in [0.2, 0.25) is 0 Å². The number of rotatable bonds is 3. The van der Waals surface area contributed by atoms with Crippen LogP contribution in [0.15, 0.2) is 127 Å². The first-order valence-electron chi connectivity index (χ1n) is 11.5. The Kier molecular flexibility index (Phi) is 4.78. The van der Waals surface area contributed by atoms with Gasteiger partial charge in [-0.1, -0.05) is 127 Å². The Morgan fingerprint density at radius 3 is 1.33 bits per heavy atom. The van der Waals surface area contributed by atoms with Crippen LogP contribution in [0.4, 0.5) is 0 Å². The molecule has 156 valence electrons. The summed E-state index contributed by atoms with van der Waals surface area (Å²) in [6, 6.07) is 46.1. The molecule has 0 aliphatic rings. The van der Waals surface area contributed by atoms with Crippen molar-refractivity contribution in [2.75, 3.05) is 0 Å². The van der Waals surface area contributed by atoms with E-state index in [9.17, 15) is 0 Å². The first kappa shape index (κ1) is 19.5. The minimum absolute atomic E-state index is 1.24. The minimum Gasteiger partial charge on any atom is -0.0622 e. The molecule has 0 atom stereocenters. The summed E-state index contributed by atoms with van der Waals surface area (Å²) in [5.41, 5.74) is 8.88. The highest BCUT2D eigenvalue weighted by Gasteiger charge is 2.17. The van der Waals surface area contributed by atoms with Gasteiger partial charge < -0.3 is 0 Å². The summed E-state index contributed by atoms with van der Waals surface area (Å²) in [6.45, 7) is 2.18. The van der Waals surface area contributed by atoms with Crippen molar-refractivity contribution in [3.8, 4) is 33.4 Å². The lowest BCUT2D eigenvalue weighted by Crippen LogP contribution is -1.92. The zero-order valence-electron chi connectivity index (χ0n) is 18.6. The fraction of sp³-hybridized carbons (Fsp3) is 0.0303. The maximum Gasteiger partial charge on any atom is -0.00262 e. The summed E-state index contributed by atoms with van der Waals surface area (Å²) < 4.78 is 0. The maximum absolute atomic E-state index is 2.37. The topological polar surface area (TPSA) is 0 Å². The third-order valence-corrected chi connectivity index (χ3v) is 6.50. The zero-order valence-corrected chi connectivity index (χ0v) is 18.6. The number of hydrogen-bond donors (Lipinski definition) is 0. The highest BCUT2D eigenvalue weighted by atomic mass is 14.2. The molecule has 0 amide bonds. The van der Waals surface area contributed by atoms with Crippen LogP contribution in [-0.2, 0) is 0 Å². The van der Waals surface area contributed by atoms with Gasteiger partial charge in [-0.05, 0) is 67.9 Å². The molecule has 0 N–H and O–H groups in total. The van der Waals surface area contributed by atoms with E-state index < -0.39 is 0 Å². The van der Waals surface area contributed by atoms with Crippen molar-refractivity contribution in [2.24, 2.45) is 0 Å². The summed E-state index contributed by atoms with van der Waals surface area (Å²) in [5.74, 6) is 0. The Labute approximate surface area is 194 Å². The lowest BCUT2D eigenvalue weighted by molar-refractivity contribution is 1.51. The summed E-state index contributed by atoms with van der Waals surface area (Å²) in [5, 5.41) is 5.18. The van der Waals surface area contributed by atoms with Crippen LogP contribution in [0, 0.1) is 6.92 Å². The van der Waals surface area contributed by atoms with E-state index in [1.807, 2.05) is 0 Å².